The lowest BCUT2D eigenvalue weighted by molar-refractivity contribution is 0.242. The van der Waals surface area contributed by atoms with Crippen LogP contribution < -0.4 is 10.5 Å². The van der Waals surface area contributed by atoms with E-state index in [2.05, 4.69) is 10.2 Å². The fourth-order valence-electron chi connectivity index (χ4n) is 1.02. The molecule has 1 aromatic heterocycles. The minimum Gasteiger partial charge on any atom is -0.489 e. The third-order valence-corrected chi connectivity index (χ3v) is 2.63. The van der Waals surface area contributed by atoms with E-state index in [4.69, 9.17) is 28.8 Å². The van der Waals surface area contributed by atoms with Crippen LogP contribution in [-0.4, -0.2) is 16.3 Å². The Morgan fingerprint density at radius 2 is 2.59 bits per heavy atom. The summed E-state index contributed by atoms with van der Waals surface area (Å²) >= 11 is 6.78. The Bertz CT molecular complexity index is 810. The summed E-state index contributed by atoms with van der Waals surface area (Å²) in [4.78, 5) is 0. The molecule has 0 aliphatic heterocycles. The van der Waals surface area contributed by atoms with Crippen molar-refractivity contribution in [2.24, 2.45) is 0 Å². The molecule has 1 heterocycles. The molecule has 2 aromatic rings. The van der Waals surface area contributed by atoms with Gasteiger partial charge in [-0.2, -0.15) is 0 Å². The summed E-state index contributed by atoms with van der Waals surface area (Å²) in [5.41, 5.74) is 0.0373. The number of hydrogen-bond donors (Lipinski definition) is 1. The summed E-state index contributed by atoms with van der Waals surface area (Å²) in [7, 11) is 0. The van der Waals surface area contributed by atoms with E-state index in [0.717, 1.165) is 18.3 Å². The number of rotatable bonds is 4. The molecule has 0 saturated carbocycles. The van der Waals surface area contributed by atoms with Gasteiger partial charge in [0.2, 0.25) is 5.13 Å². The Balaban J connectivity index is 2.60. The quantitative estimate of drug-likeness (QED) is 0.933. The summed E-state index contributed by atoms with van der Waals surface area (Å²) in [6.07, 6.45) is -2.44. The zero-order valence-corrected chi connectivity index (χ0v) is 10.1. The molecule has 0 saturated heterocycles. The monoisotopic (exact) mass is 278 g/mol. The van der Waals surface area contributed by atoms with Crippen molar-refractivity contribution in [1.82, 2.24) is 10.2 Å². The first-order chi connectivity index (χ1) is 11.8. The molecule has 1 aromatic carbocycles. The van der Waals surface area contributed by atoms with Gasteiger partial charge in [-0.05, 0) is 31.9 Å². The number of halogens is 1. The van der Waals surface area contributed by atoms with Gasteiger partial charge in [0, 0.05) is 9.68 Å². The molecule has 90 valence electrons. The highest BCUT2D eigenvalue weighted by Gasteiger charge is 2.09. The van der Waals surface area contributed by atoms with Crippen molar-refractivity contribution < 1.29 is 17.2 Å². The van der Waals surface area contributed by atoms with Crippen molar-refractivity contribution in [2.45, 2.75) is 19.9 Å². The number of hydrogen-bond acceptors (Lipinski definition) is 5. The second-order valence-corrected chi connectivity index (χ2v) is 4.28. The van der Waals surface area contributed by atoms with Crippen LogP contribution in [0, 0.1) is 0 Å². The smallest absolute Gasteiger partial charge is 0.203 e. The van der Waals surface area contributed by atoms with Gasteiger partial charge in [0.25, 0.3) is 0 Å². The van der Waals surface area contributed by atoms with Crippen LogP contribution in [0.2, 0.25) is 7.85 Å². The SMILES string of the molecule is [2H]c1c([2H])c(-c2nnc(N([2H])[2H])s2)c([2H])c(Cl)c1OC([2H])(C)C([2H])([2H])[2H]. The Labute approximate surface area is 121 Å². The van der Waals surface area contributed by atoms with E-state index in [0.29, 0.717) is 0 Å². The van der Waals surface area contributed by atoms with Crippen molar-refractivity contribution >= 4 is 28.1 Å². The molecule has 1 atom stereocenters. The molecular formula is C11H12ClN3OS. The van der Waals surface area contributed by atoms with Crippen LogP contribution in [0.25, 0.3) is 10.6 Å². The number of nitrogens with zero attached hydrogens (tertiary/aromatic N) is 2. The second kappa shape index (κ2) is 4.89. The number of anilines is 1. The van der Waals surface area contributed by atoms with Crippen LogP contribution >= 0.6 is 22.9 Å². The standard InChI is InChI=1S/C11H12ClN3OS/c1-6(2)16-9-4-3-7(5-8(9)12)10-14-15-11(13)17-10/h3-6H,1-2H3,(H2,13,15)/i1D3,3D,4D,5D,6D/hD2. The molecule has 0 bridgehead atoms. The van der Waals surface area contributed by atoms with Gasteiger partial charge in [-0.3, -0.25) is 0 Å². The normalized spacial score (nSPS) is 22.4. The predicted octanol–water partition coefficient (Wildman–Crippen LogP) is 3.23. The number of benzene rings is 1. The van der Waals surface area contributed by atoms with Crippen LogP contribution in [0.4, 0.5) is 5.13 Å². The Morgan fingerprint density at radius 3 is 3.29 bits per heavy atom. The molecule has 1 unspecified atom stereocenters. The van der Waals surface area contributed by atoms with E-state index in [9.17, 15) is 0 Å². The van der Waals surface area contributed by atoms with Gasteiger partial charge in [0.1, 0.15) is 10.8 Å². The minimum absolute atomic E-state index is 0.00842. The summed E-state index contributed by atoms with van der Waals surface area (Å²) in [6, 6.07) is -1.61. The van der Waals surface area contributed by atoms with E-state index in [1.165, 1.54) is 0 Å². The first-order valence-electron chi connectivity index (χ1n) is 8.77. The summed E-state index contributed by atoms with van der Waals surface area (Å²) in [5.74, 6) is -0.564. The Morgan fingerprint density at radius 1 is 1.71 bits per heavy atom. The van der Waals surface area contributed by atoms with Gasteiger partial charge in [-0.25, -0.2) is 0 Å². The Hall–Kier alpha value is -1.33. The number of aromatic nitrogens is 2. The topological polar surface area (TPSA) is 61.0 Å². The molecule has 0 spiro atoms. The lowest BCUT2D eigenvalue weighted by Gasteiger charge is -2.11. The molecule has 6 heteroatoms. The van der Waals surface area contributed by atoms with Gasteiger partial charge < -0.3 is 10.5 Å². The molecule has 0 aliphatic carbocycles. The molecule has 0 radical (unpaired) electrons. The fourth-order valence-corrected chi connectivity index (χ4v) is 1.74. The molecule has 0 fully saturated rings. The van der Waals surface area contributed by atoms with Crippen molar-refractivity contribution in [3.05, 3.63) is 23.1 Å². The molecule has 2 N–H and O–H groups in total. The molecule has 17 heavy (non-hydrogen) atoms. The highest BCUT2D eigenvalue weighted by atomic mass is 35.5. The van der Waals surface area contributed by atoms with Gasteiger partial charge >= 0.3 is 0 Å². The predicted molar refractivity (Wildman–Crippen MR) is 70.5 cm³/mol. The number of ether oxygens (including phenoxy) is 1. The van der Waals surface area contributed by atoms with Crippen molar-refractivity contribution in [2.75, 3.05) is 5.72 Å². The first kappa shape index (κ1) is 5.12. The van der Waals surface area contributed by atoms with Crippen molar-refractivity contribution in [3.8, 4) is 16.3 Å². The average Bonchev–Trinajstić information content (AvgIpc) is 2.98. The maximum Gasteiger partial charge on any atom is 0.203 e. The second-order valence-electron chi connectivity index (χ2n) is 2.94. The first-order valence-corrected chi connectivity index (χ1v) is 5.57. The highest BCUT2D eigenvalue weighted by molar-refractivity contribution is 7.18. The molecule has 2 rings (SSSR count). The van der Waals surface area contributed by atoms with Crippen LogP contribution in [0.1, 0.15) is 23.4 Å². The van der Waals surface area contributed by atoms with Gasteiger partial charge in [0.05, 0.1) is 16.6 Å². The molecule has 4 nitrogen and oxygen atoms in total. The van der Waals surface area contributed by atoms with Crippen molar-refractivity contribution in [3.63, 3.8) is 0 Å². The molecular weight excluding hydrogens is 258 g/mol. The highest BCUT2D eigenvalue weighted by Crippen LogP contribution is 2.32. The number of nitrogens with two attached hydrogens (primary N) is 1. The fraction of sp³-hybridized carbons (Fsp3) is 0.273. The maximum atomic E-state index is 8.11. The van der Waals surface area contributed by atoms with Gasteiger partial charge in [-0.15, -0.1) is 10.2 Å². The van der Waals surface area contributed by atoms with Crippen LogP contribution in [0.3, 0.4) is 0 Å². The Kier molecular flexibility index (Phi) is 1.47. The average molecular weight is 279 g/mol. The number of nitrogen functional groups attached to an aromatic ring is 1. The van der Waals surface area contributed by atoms with E-state index in [1.54, 1.807) is 0 Å². The van der Waals surface area contributed by atoms with E-state index in [-0.39, 0.29) is 21.4 Å². The zero-order chi connectivity index (χ0) is 20.0. The van der Waals surface area contributed by atoms with Crippen LogP contribution in [0.15, 0.2) is 18.1 Å². The maximum absolute atomic E-state index is 8.11. The summed E-state index contributed by atoms with van der Waals surface area (Å²) < 4.78 is 73.3. The van der Waals surface area contributed by atoms with E-state index in [1.807, 2.05) is 0 Å². The third-order valence-electron chi connectivity index (χ3n) is 1.62. The lowest BCUT2D eigenvalue weighted by atomic mass is 10.2. The van der Waals surface area contributed by atoms with Crippen molar-refractivity contribution in [1.29, 1.82) is 0 Å². The zero-order valence-electron chi connectivity index (χ0n) is 17.5. The lowest BCUT2D eigenvalue weighted by Crippen LogP contribution is -2.05. The molecule has 0 aliphatic rings. The largest absolute Gasteiger partial charge is 0.489 e. The minimum atomic E-state index is -2.86. The van der Waals surface area contributed by atoms with Crippen LogP contribution in [-0.2, 0) is 0 Å². The summed E-state index contributed by atoms with van der Waals surface area (Å²) in [6.45, 7) is -1.89. The van der Waals surface area contributed by atoms with E-state index < -0.39 is 41.8 Å². The third kappa shape index (κ3) is 2.87. The van der Waals surface area contributed by atoms with E-state index >= 15 is 0 Å². The summed E-state index contributed by atoms with van der Waals surface area (Å²) in [5, 5.41) is 6.67. The van der Waals surface area contributed by atoms with Gasteiger partial charge in [-0.1, -0.05) is 22.9 Å². The van der Waals surface area contributed by atoms with Gasteiger partial charge in [0.15, 0.2) is 2.82 Å². The van der Waals surface area contributed by atoms with Crippen LogP contribution in [0.5, 0.6) is 5.75 Å². The molecule has 0 amide bonds.